The molecule has 2 rings (SSSR count). The Morgan fingerprint density at radius 2 is 1.58 bits per heavy atom. The van der Waals surface area contributed by atoms with Crippen LogP contribution in [-0.2, 0) is 0 Å². The Bertz CT molecular complexity index is 567. The molecule has 0 spiro atoms. The van der Waals surface area contributed by atoms with Crippen LogP contribution in [0.15, 0.2) is 36.4 Å². The number of halogens is 1. The summed E-state index contributed by atoms with van der Waals surface area (Å²) in [4.78, 5) is 0. The van der Waals surface area contributed by atoms with Crippen molar-refractivity contribution in [3.8, 4) is 0 Å². The molecule has 0 fully saturated rings. The molecule has 0 amide bonds. The van der Waals surface area contributed by atoms with Crippen molar-refractivity contribution in [3.63, 3.8) is 0 Å². The maximum absolute atomic E-state index is 6.34. The van der Waals surface area contributed by atoms with Crippen molar-refractivity contribution >= 4 is 11.6 Å². The van der Waals surface area contributed by atoms with E-state index in [2.05, 4.69) is 44.3 Å². The van der Waals surface area contributed by atoms with Gasteiger partial charge in [0.1, 0.15) is 0 Å². The Kier molecular flexibility index (Phi) is 4.28. The van der Waals surface area contributed by atoms with E-state index in [4.69, 9.17) is 11.6 Å². The quantitative estimate of drug-likeness (QED) is 0.863. The Balaban J connectivity index is 2.58. The summed E-state index contributed by atoms with van der Waals surface area (Å²) in [7, 11) is 1.98. The van der Waals surface area contributed by atoms with Crippen molar-refractivity contribution in [2.45, 2.75) is 26.8 Å². The van der Waals surface area contributed by atoms with Crippen LogP contribution in [0.2, 0.25) is 5.02 Å². The number of nitrogens with one attached hydrogen (secondary N) is 1. The molecule has 2 aromatic carbocycles. The molecule has 0 heterocycles. The van der Waals surface area contributed by atoms with Gasteiger partial charge >= 0.3 is 0 Å². The van der Waals surface area contributed by atoms with Gasteiger partial charge in [-0.2, -0.15) is 0 Å². The topological polar surface area (TPSA) is 12.0 Å². The second-order valence-corrected chi connectivity index (χ2v) is 5.46. The standard InChI is InChI=1S/C17H20ClN/c1-11-9-12(2)16(13(3)10-11)17(19-4)14-7-5-6-8-15(14)18/h5-10,17,19H,1-4H3. The van der Waals surface area contributed by atoms with Crippen molar-refractivity contribution < 1.29 is 0 Å². The Labute approximate surface area is 120 Å². The Morgan fingerprint density at radius 3 is 2.11 bits per heavy atom. The van der Waals surface area contributed by atoms with Gasteiger partial charge in [0, 0.05) is 5.02 Å². The van der Waals surface area contributed by atoms with E-state index in [-0.39, 0.29) is 6.04 Å². The average Bonchev–Trinajstić information content (AvgIpc) is 2.34. The molecule has 19 heavy (non-hydrogen) atoms. The highest BCUT2D eigenvalue weighted by Gasteiger charge is 2.18. The smallest absolute Gasteiger partial charge is 0.0594 e. The van der Waals surface area contributed by atoms with Crippen LogP contribution in [-0.4, -0.2) is 7.05 Å². The molecule has 1 unspecified atom stereocenters. The fourth-order valence-corrected chi connectivity index (χ4v) is 3.06. The molecule has 2 aromatic rings. The molecule has 0 aliphatic carbocycles. The second kappa shape index (κ2) is 5.77. The van der Waals surface area contributed by atoms with Gasteiger partial charge in [0.05, 0.1) is 6.04 Å². The van der Waals surface area contributed by atoms with Crippen LogP contribution >= 0.6 is 11.6 Å². The van der Waals surface area contributed by atoms with Gasteiger partial charge in [0.2, 0.25) is 0 Å². The largest absolute Gasteiger partial charge is 0.309 e. The summed E-state index contributed by atoms with van der Waals surface area (Å²) in [6.07, 6.45) is 0. The zero-order chi connectivity index (χ0) is 14.0. The van der Waals surface area contributed by atoms with E-state index in [1.165, 1.54) is 22.3 Å². The first-order valence-electron chi connectivity index (χ1n) is 6.54. The average molecular weight is 274 g/mol. The SMILES string of the molecule is CNC(c1ccccc1Cl)c1c(C)cc(C)cc1C. The lowest BCUT2D eigenvalue weighted by Gasteiger charge is -2.23. The van der Waals surface area contributed by atoms with Gasteiger partial charge in [-0.05, 0) is 56.1 Å². The first-order chi connectivity index (χ1) is 9.04. The highest BCUT2D eigenvalue weighted by Crippen LogP contribution is 2.32. The molecule has 2 heteroatoms. The maximum atomic E-state index is 6.34. The third-order valence-corrected chi connectivity index (χ3v) is 3.88. The lowest BCUT2D eigenvalue weighted by Crippen LogP contribution is -2.20. The molecule has 1 nitrogen and oxygen atoms in total. The molecular formula is C17H20ClN. The number of aryl methyl sites for hydroxylation is 3. The fraction of sp³-hybridized carbons (Fsp3) is 0.294. The molecule has 1 atom stereocenters. The molecule has 0 saturated carbocycles. The molecule has 0 aromatic heterocycles. The van der Waals surface area contributed by atoms with E-state index in [1.807, 2.05) is 25.2 Å². The summed E-state index contributed by atoms with van der Waals surface area (Å²) in [5, 5.41) is 4.20. The molecule has 1 N–H and O–H groups in total. The predicted octanol–water partition coefficient (Wildman–Crippen LogP) is 4.57. The van der Waals surface area contributed by atoms with Gasteiger partial charge in [-0.25, -0.2) is 0 Å². The monoisotopic (exact) mass is 273 g/mol. The first kappa shape index (κ1) is 14.1. The molecule has 0 bridgehead atoms. The van der Waals surface area contributed by atoms with Gasteiger partial charge in [0.15, 0.2) is 0 Å². The van der Waals surface area contributed by atoms with Gasteiger partial charge < -0.3 is 5.32 Å². The van der Waals surface area contributed by atoms with Crippen LogP contribution in [0, 0.1) is 20.8 Å². The van der Waals surface area contributed by atoms with Crippen LogP contribution in [0.25, 0.3) is 0 Å². The maximum Gasteiger partial charge on any atom is 0.0594 e. The summed E-state index contributed by atoms with van der Waals surface area (Å²) in [6, 6.07) is 12.6. The van der Waals surface area contributed by atoms with Crippen molar-refractivity contribution in [2.24, 2.45) is 0 Å². The minimum absolute atomic E-state index is 0.134. The molecule has 100 valence electrons. The van der Waals surface area contributed by atoms with Crippen LogP contribution in [0.3, 0.4) is 0 Å². The normalized spacial score (nSPS) is 12.5. The summed E-state index contributed by atoms with van der Waals surface area (Å²) >= 11 is 6.34. The van der Waals surface area contributed by atoms with E-state index in [1.54, 1.807) is 0 Å². The predicted molar refractivity (Wildman–Crippen MR) is 83.0 cm³/mol. The number of hydrogen-bond donors (Lipinski definition) is 1. The van der Waals surface area contributed by atoms with Crippen LogP contribution < -0.4 is 5.32 Å². The van der Waals surface area contributed by atoms with Gasteiger partial charge in [0.25, 0.3) is 0 Å². The van der Waals surface area contributed by atoms with Crippen LogP contribution in [0.1, 0.15) is 33.9 Å². The third kappa shape index (κ3) is 2.83. The summed E-state index contributed by atoms with van der Waals surface area (Å²) < 4.78 is 0. The summed E-state index contributed by atoms with van der Waals surface area (Å²) in [5.74, 6) is 0. The number of benzene rings is 2. The first-order valence-corrected chi connectivity index (χ1v) is 6.92. The minimum Gasteiger partial charge on any atom is -0.309 e. The zero-order valence-electron chi connectivity index (χ0n) is 11.9. The van der Waals surface area contributed by atoms with Gasteiger partial charge in [-0.1, -0.05) is 47.5 Å². The van der Waals surface area contributed by atoms with Crippen molar-refractivity contribution in [3.05, 3.63) is 69.2 Å². The van der Waals surface area contributed by atoms with Crippen molar-refractivity contribution in [2.75, 3.05) is 7.05 Å². The summed E-state index contributed by atoms with van der Waals surface area (Å²) in [6.45, 7) is 6.46. The van der Waals surface area contributed by atoms with E-state index >= 15 is 0 Å². The van der Waals surface area contributed by atoms with Crippen LogP contribution in [0.5, 0.6) is 0 Å². The fourth-order valence-electron chi connectivity index (χ4n) is 2.81. The van der Waals surface area contributed by atoms with Crippen molar-refractivity contribution in [1.29, 1.82) is 0 Å². The van der Waals surface area contributed by atoms with Gasteiger partial charge in [-0.15, -0.1) is 0 Å². The third-order valence-electron chi connectivity index (χ3n) is 3.53. The molecular weight excluding hydrogens is 254 g/mol. The number of rotatable bonds is 3. The van der Waals surface area contributed by atoms with E-state index in [0.717, 1.165) is 10.6 Å². The molecule has 0 aliphatic heterocycles. The number of hydrogen-bond acceptors (Lipinski definition) is 1. The van der Waals surface area contributed by atoms with E-state index in [9.17, 15) is 0 Å². The highest BCUT2D eigenvalue weighted by molar-refractivity contribution is 6.31. The minimum atomic E-state index is 0.134. The lowest BCUT2D eigenvalue weighted by molar-refractivity contribution is 0.683. The Morgan fingerprint density at radius 1 is 1.00 bits per heavy atom. The highest BCUT2D eigenvalue weighted by atomic mass is 35.5. The lowest BCUT2D eigenvalue weighted by atomic mass is 9.90. The van der Waals surface area contributed by atoms with E-state index in [0.29, 0.717) is 0 Å². The second-order valence-electron chi connectivity index (χ2n) is 5.06. The molecule has 0 aliphatic rings. The summed E-state index contributed by atoms with van der Waals surface area (Å²) in [5.41, 5.74) is 6.35. The molecule has 0 radical (unpaired) electrons. The zero-order valence-corrected chi connectivity index (χ0v) is 12.7. The van der Waals surface area contributed by atoms with E-state index < -0.39 is 0 Å². The Hall–Kier alpha value is -1.31. The van der Waals surface area contributed by atoms with Gasteiger partial charge in [-0.3, -0.25) is 0 Å². The van der Waals surface area contributed by atoms with Crippen molar-refractivity contribution in [1.82, 2.24) is 5.32 Å². The molecule has 0 saturated heterocycles. The van der Waals surface area contributed by atoms with Crippen LogP contribution in [0.4, 0.5) is 0 Å².